The van der Waals surface area contributed by atoms with Crippen molar-refractivity contribution in [2.24, 2.45) is 0 Å². The van der Waals surface area contributed by atoms with Crippen LogP contribution in [-0.4, -0.2) is 40.0 Å². The summed E-state index contributed by atoms with van der Waals surface area (Å²) in [6, 6.07) is 17.2. The second kappa shape index (κ2) is 10.1. The lowest BCUT2D eigenvalue weighted by Crippen LogP contribution is -2.37. The van der Waals surface area contributed by atoms with Crippen molar-refractivity contribution < 1.29 is 25.8 Å². The van der Waals surface area contributed by atoms with Crippen molar-refractivity contribution in [1.82, 2.24) is 4.31 Å². The Hall–Kier alpha value is -2.62. The van der Waals surface area contributed by atoms with Crippen molar-refractivity contribution in [1.29, 1.82) is 0 Å². The molecule has 0 radical (unpaired) electrons. The van der Waals surface area contributed by atoms with Crippen molar-refractivity contribution >= 4 is 30.9 Å². The van der Waals surface area contributed by atoms with Crippen LogP contribution in [-0.2, 0) is 26.7 Å². The fraction of sp³-hybridized carbons (Fsp3) is 0.333. The van der Waals surface area contributed by atoms with Crippen LogP contribution in [0.3, 0.4) is 0 Å². The molecule has 0 bridgehead atoms. The average molecular weight is 492 g/mol. The molecule has 0 spiro atoms. The quantitative estimate of drug-likeness (QED) is 0.386. The van der Waals surface area contributed by atoms with E-state index in [1.54, 1.807) is 30.3 Å². The number of ether oxygens (including phenoxy) is 1. The van der Waals surface area contributed by atoms with Crippen molar-refractivity contribution in [3.05, 3.63) is 66.2 Å². The first-order chi connectivity index (χ1) is 15.6. The second-order valence-electron chi connectivity index (χ2n) is 7.73. The van der Waals surface area contributed by atoms with Gasteiger partial charge in [-0.3, -0.25) is 0 Å². The largest absolute Gasteiger partial charge is 0.493 e. The molecule has 3 rings (SSSR count). The Labute approximate surface area is 196 Å². The van der Waals surface area contributed by atoms with Crippen LogP contribution < -0.4 is 8.92 Å². The van der Waals surface area contributed by atoms with E-state index in [9.17, 15) is 16.8 Å². The van der Waals surface area contributed by atoms with Gasteiger partial charge in [0.05, 0.1) is 17.8 Å². The molecule has 0 saturated heterocycles. The van der Waals surface area contributed by atoms with E-state index in [0.717, 1.165) is 10.8 Å². The predicted molar refractivity (Wildman–Crippen MR) is 130 cm³/mol. The van der Waals surface area contributed by atoms with Gasteiger partial charge in [-0.05, 0) is 60.9 Å². The highest BCUT2D eigenvalue weighted by molar-refractivity contribution is 7.89. The first-order valence-electron chi connectivity index (χ1n) is 10.7. The smallest absolute Gasteiger partial charge is 0.309 e. The Morgan fingerprint density at radius 3 is 2.21 bits per heavy atom. The van der Waals surface area contributed by atoms with Crippen molar-refractivity contribution in [3.63, 3.8) is 0 Å². The Balaban J connectivity index is 2.01. The fourth-order valence-electron chi connectivity index (χ4n) is 3.40. The summed E-state index contributed by atoms with van der Waals surface area (Å²) < 4.78 is 63.1. The van der Waals surface area contributed by atoms with E-state index in [1.165, 1.54) is 24.4 Å². The van der Waals surface area contributed by atoms with Crippen LogP contribution in [0.15, 0.2) is 65.6 Å². The third-order valence-electron chi connectivity index (χ3n) is 5.55. The van der Waals surface area contributed by atoms with Crippen LogP contribution in [0, 0.1) is 0 Å². The number of sulfonamides is 1. The zero-order valence-corrected chi connectivity index (χ0v) is 20.8. The third-order valence-corrected chi connectivity index (χ3v) is 8.64. The van der Waals surface area contributed by atoms with Gasteiger partial charge in [-0.1, -0.05) is 43.3 Å². The van der Waals surface area contributed by atoms with Gasteiger partial charge in [0.25, 0.3) is 0 Å². The molecule has 3 aromatic carbocycles. The normalized spacial score (nSPS) is 13.2. The molecule has 0 saturated carbocycles. The van der Waals surface area contributed by atoms with Crippen LogP contribution >= 0.6 is 0 Å². The van der Waals surface area contributed by atoms with Gasteiger partial charge in [-0.15, -0.1) is 0 Å². The van der Waals surface area contributed by atoms with Gasteiger partial charge in [0, 0.05) is 12.6 Å². The van der Waals surface area contributed by atoms with Crippen LogP contribution in [0.1, 0.15) is 32.8 Å². The lowest BCUT2D eigenvalue weighted by molar-refractivity contribution is 0.322. The molecular formula is C24H29NO6S2. The molecule has 3 aromatic rings. The molecule has 0 heterocycles. The molecule has 1 unspecified atom stereocenters. The number of fused-ring (bicyclic) bond motifs is 1. The number of methoxy groups -OCH3 is 1. The maximum absolute atomic E-state index is 13.6. The molecule has 0 fully saturated rings. The first-order valence-corrected chi connectivity index (χ1v) is 13.7. The van der Waals surface area contributed by atoms with Crippen molar-refractivity contribution in [2.45, 2.75) is 44.7 Å². The minimum absolute atomic E-state index is 0.0315. The van der Waals surface area contributed by atoms with Gasteiger partial charge in [-0.25, -0.2) is 8.42 Å². The molecule has 0 aliphatic heterocycles. The summed E-state index contributed by atoms with van der Waals surface area (Å²) in [5.74, 6) is 0.0859. The highest BCUT2D eigenvalue weighted by atomic mass is 32.2. The van der Waals surface area contributed by atoms with E-state index in [4.69, 9.17) is 8.92 Å². The number of benzene rings is 3. The summed E-state index contributed by atoms with van der Waals surface area (Å²) in [4.78, 5) is 0.208. The molecule has 0 aliphatic carbocycles. The summed E-state index contributed by atoms with van der Waals surface area (Å²) in [6.45, 7) is 5.30. The van der Waals surface area contributed by atoms with Crippen molar-refractivity contribution in [3.8, 4) is 11.5 Å². The monoisotopic (exact) mass is 491 g/mol. The number of nitrogens with zero attached hydrogens (tertiary/aromatic N) is 1. The first kappa shape index (κ1) is 25.0. The van der Waals surface area contributed by atoms with E-state index in [0.29, 0.717) is 12.0 Å². The lowest BCUT2D eigenvalue weighted by atomic mass is 10.1. The molecule has 0 aromatic heterocycles. The average Bonchev–Trinajstić information content (AvgIpc) is 2.81. The second-order valence-corrected chi connectivity index (χ2v) is 11.5. The molecule has 33 heavy (non-hydrogen) atoms. The standard InChI is InChI=1S/C24H29NO6S2/c1-5-18(3)25(33(28,29)22-13-12-20-9-7-8-10-21(20)16-22)17-19-11-14-23(30-4)24(15-19)31-32(26,27)6-2/h7-16,18H,5-6,17H2,1-4H3. The van der Waals surface area contributed by atoms with Crippen LogP contribution in [0.5, 0.6) is 11.5 Å². The molecule has 0 amide bonds. The van der Waals surface area contributed by atoms with Gasteiger partial charge in [0.2, 0.25) is 10.0 Å². The van der Waals surface area contributed by atoms with Gasteiger partial charge in [0.1, 0.15) is 0 Å². The minimum atomic E-state index is -3.83. The Morgan fingerprint density at radius 1 is 0.879 bits per heavy atom. The van der Waals surface area contributed by atoms with E-state index in [1.807, 2.05) is 38.1 Å². The molecule has 9 heteroatoms. The van der Waals surface area contributed by atoms with E-state index < -0.39 is 20.1 Å². The molecule has 1 atom stereocenters. The Kier molecular flexibility index (Phi) is 7.66. The highest BCUT2D eigenvalue weighted by Crippen LogP contribution is 2.32. The number of hydrogen-bond donors (Lipinski definition) is 0. The SMILES string of the molecule is CCC(C)N(Cc1ccc(OC)c(OS(=O)(=O)CC)c1)S(=O)(=O)c1ccc2ccccc2c1. The highest BCUT2D eigenvalue weighted by Gasteiger charge is 2.29. The zero-order valence-electron chi connectivity index (χ0n) is 19.2. The summed E-state index contributed by atoms with van der Waals surface area (Å²) in [6.07, 6.45) is 0.608. The predicted octanol–water partition coefficient (Wildman–Crippen LogP) is 4.57. The Bertz CT molecular complexity index is 1340. The maximum atomic E-state index is 13.6. The minimum Gasteiger partial charge on any atom is -0.493 e. The molecule has 7 nitrogen and oxygen atoms in total. The molecular weight excluding hydrogens is 462 g/mol. The summed E-state index contributed by atoms with van der Waals surface area (Å²) in [5, 5.41) is 1.80. The van der Waals surface area contributed by atoms with E-state index >= 15 is 0 Å². The summed E-state index contributed by atoms with van der Waals surface area (Å²) in [5.41, 5.74) is 0.585. The van der Waals surface area contributed by atoms with E-state index in [2.05, 4.69) is 0 Å². The fourth-order valence-corrected chi connectivity index (χ4v) is 5.66. The van der Waals surface area contributed by atoms with Crippen molar-refractivity contribution in [2.75, 3.05) is 12.9 Å². The van der Waals surface area contributed by atoms with E-state index in [-0.39, 0.29) is 34.7 Å². The number of hydrogen-bond acceptors (Lipinski definition) is 6. The topological polar surface area (TPSA) is 90.0 Å². The maximum Gasteiger partial charge on any atom is 0.309 e. The van der Waals surface area contributed by atoms with Crippen LogP contribution in [0.2, 0.25) is 0 Å². The van der Waals surface area contributed by atoms with Gasteiger partial charge in [0.15, 0.2) is 11.5 Å². The zero-order chi connectivity index (χ0) is 24.2. The van der Waals surface area contributed by atoms with Gasteiger partial charge >= 0.3 is 10.1 Å². The van der Waals surface area contributed by atoms with Crippen LogP contribution in [0.25, 0.3) is 10.8 Å². The molecule has 0 N–H and O–H groups in total. The third kappa shape index (κ3) is 5.66. The Morgan fingerprint density at radius 2 is 1.58 bits per heavy atom. The summed E-state index contributed by atoms with van der Waals surface area (Å²) >= 11 is 0. The van der Waals surface area contributed by atoms with Gasteiger partial charge in [-0.2, -0.15) is 12.7 Å². The summed E-state index contributed by atoms with van der Waals surface area (Å²) in [7, 11) is -6.19. The number of rotatable bonds is 10. The lowest BCUT2D eigenvalue weighted by Gasteiger charge is -2.28. The van der Waals surface area contributed by atoms with Gasteiger partial charge < -0.3 is 8.92 Å². The molecule has 178 valence electrons. The molecule has 0 aliphatic rings. The van der Waals surface area contributed by atoms with Crippen LogP contribution in [0.4, 0.5) is 0 Å².